The monoisotopic (exact) mass is 464 g/mol. The van der Waals surface area contributed by atoms with Crippen molar-refractivity contribution >= 4 is 30.0 Å². The van der Waals surface area contributed by atoms with Gasteiger partial charge in [-0.2, -0.15) is 0 Å². The lowest BCUT2D eigenvalue weighted by molar-refractivity contribution is -0.149. The lowest BCUT2D eigenvalue weighted by Gasteiger charge is -2.24. The van der Waals surface area contributed by atoms with Crippen molar-refractivity contribution in [2.45, 2.75) is 51.5 Å². The van der Waals surface area contributed by atoms with Crippen LogP contribution in [-0.2, 0) is 39.9 Å². The first-order valence-electron chi connectivity index (χ1n) is 10.2. The van der Waals surface area contributed by atoms with E-state index in [4.69, 9.17) is 18.9 Å². The molecule has 1 aliphatic heterocycles. The summed E-state index contributed by atoms with van der Waals surface area (Å²) in [7, 11) is 2.18. The standard InChI is InChI=1S/C22H28N2O9/c1-22(2,3)33-20(28)23-16(19(27)31-5)14-11-15(18(26)30-4)24(17(14)25)21(29)32-12-13-9-7-6-8-10-13/h6-10,14-16H,11-12H2,1-5H3,(H,23,28)/t14-,15+,16-/m1/s1. The van der Waals surface area contributed by atoms with E-state index in [-0.39, 0.29) is 13.0 Å². The summed E-state index contributed by atoms with van der Waals surface area (Å²) in [4.78, 5) is 63.4. The van der Waals surface area contributed by atoms with Crippen molar-refractivity contribution in [2.75, 3.05) is 14.2 Å². The Labute approximate surface area is 191 Å². The van der Waals surface area contributed by atoms with Crippen molar-refractivity contribution in [1.82, 2.24) is 10.2 Å². The van der Waals surface area contributed by atoms with E-state index in [9.17, 15) is 24.0 Å². The van der Waals surface area contributed by atoms with Crippen molar-refractivity contribution in [2.24, 2.45) is 5.92 Å². The van der Waals surface area contributed by atoms with Crippen LogP contribution in [0.5, 0.6) is 0 Å². The van der Waals surface area contributed by atoms with Gasteiger partial charge < -0.3 is 24.3 Å². The summed E-state index contributed by atoms with van der Waals surface area (Å²) in [6.07, 6.45) is -2.34. The number of benzene rings is 1. The van der Waals surface area contributed by atoms with Gasteiger partial charge in [0.25, 0.3) is 0 Å². The number of esters is 2. The molecule has 0 spiro atoms. The van der Waals surface area contributed by atoms with Crippen LogP contribution >= 0.6 is 0 Å². The predicted octanol–water partition coefficient (Wildman–Crippen LogP) is 1.78. The van der Waals surface area contributed by atoms with Crippen molar-refractivity contribution in [3.63, 3.8) is 0 Å². The Hall–Kier alpha value is -3.63. The number of amides is 3. The molecule has 0 radical (unpaired) electrons. The van der Waals surface area contributed by atoms with Crippen LogP contribution < -0.4 is 5.32 Å². The summed E-state index contributed by atoms with van der Waals surface area (Å²) >= 11 is 0. The molecule has 1 heterocycles. The van der Waals surface area contributed by atoms with E-state index >= 15 is 0 Å². The Morgan fingerprint density at radius 3 is 2.27 bits per heavy atom. The number of hydrogen-bond acceptors (Lipinski definition) is 9. The molecule has 0 saturated carbocycles. The van der Waals surface area contributed by atoms with Crippen LogP contribution in [0.3, 0.4) is 0 Å². The van der Waals surface area contributed by atoms with Crippen molar-refractivity contribution in [3.8, 4) is 0 Å². The van der Waals surface area contributed by atoms with Crippen LogP contribution in [0, 0.1) is 5.92 Å². The van der Waals surface area contributed by atoms with E-state index < -0.39 is 53.6 Å². The minimum Gasteiger partial charge on any atom is -0.467 e. The Morgan fingerprint density at radius 2 is 1.73 bits per heavy atom. The third-order valence-electron chi connectivity index (χ3n) is 4.75. The predicted molar refractivity (Wildman–Crippen MR) is 113 cm³/mol. The van der Waals surface area contributed by atoms with Crippen molar-refractivity contribution < 1.29 is 42.9 Å². The topological polar surface area (TPSA) is 138 Å². The van der Waals surface area contributed by atoms with E-state index in [0.29, 0.717) is 10.5 Å². The first-order chi connectivity index (χ1) is 15.5. The first-order valence-corrected chi connectivity index (χ1v) is 10.2. The number of alkyl carbamates (subject to hydrolysis) is 1. The van der Waals surface area contributed by atoms with Gasteiger partial charge in [0.1, 0.15) is 24.3 Å². The smallest absolute Gasteiger partial charge is 0.417 e. The quantitative estimate of drug-likeness (QED) is 0.493. The highest BCUT2D eigenvalue weighted by molar-refractivity contribution is 6.03. The molecule has 11 nitrogen and oxygen atoms in total. The summed E-state index contributed by atoms with van der Waals surface area (Å²) in [6, 6.07) is 5.88. The molecule has 0 unspecified atom stereocenters. The van der Waals surface area contributed by atoms with Gasteiger partial charge in [-0.15, -0.1) is 0 Å². The molecule has 1 aliphatic rings. The zero-order valence-electron chi connectivity index (χ0n) is 19.2. The lowest BCUT2D eigenvalue weighted by atomic mass is 9.96. The summed E-state index contributed by atoms with van der Waals surface area (Å²) < 4.78 is 19.8. The number of carbonyl (C=O) groups excluding carboxylic acids is 5. The maximum atomic E-state index is 13.1. The molecular weight excluding hydrogens is 436 g/mol. The van der Waals surface area contributed by atoms with Gasteiger partial charge in [-0.1, -0.05) is 30.3 Å². The molecule has 2 rings (SSSR count). The number of nitrogens with zero attached hydrogens (tertiary/aromatic N) is 1. The van der Waals surface area contributed by atoms with E-state index in [1.807, 2.05) is 0 Å². The highest BCUT2D eigenvalue weighted by Crippen LogP contribution is 2.30. The molecule has 0 bridgehead atoms. The Kier molecular flexibility index (Phi) is 8.38. The Morgan fingerprint density at radius 1 is 1.09 bits per heavy atom. The number of hydrogen-bond donors (Lipinski definition) is 1. The van der Waals surface area contributed by atoms with Gasteiger partial charge in [-0.3, -0.25) is 4.79 Å². The van der Waals surface area contributed by atoms with Crippen LogP contribution in [0.2, 0.25) is 0 Å². The summed E-state index contributed by atoms with van der Waals surface area (Å²) in [5, 5.41) is 2.30. The van der Waals surface area contributed by atoms with E-state index in [1.54, 1.807) is 51.1 Å². The van der Waals surface area contributed by atoms with Crippen LogP contribution in [-0.4, -0.2) is 66.8 Å². The number of nitrogens with one attached hydrogen (secondary N) is 1. The largest absolute Gasteiger partial charge is 0.467 e. The molecule has 1 N–H and O–H groups in total. The molecule has 180 valence electrons. The molecule has 3 atom stereocenters. The molecular formula is C22H28N2O9. The summed E-state index contributed by atoms with van der Waals surface area (Å²) in [5.74, 6) is -4.00. The van der Waals surface area contributed by atoms with Crippen LogP contribution in [0.1, 0.15) is 32.8 Å². The van der Waals surface area contributed by atoms with Gasteiger partial charge in [-0.05, 0) is 32.8 Å². The molecule has 1 fully saturated rings. The van der Waals surface area contributed by atoms with Crippen LogP contribution in [0.15, 0.2) is 30.3 Å². The maximum Gasteiger partial charge on any atom is 0.417 e. The van der Waals surface area contributed by atoms with Gasteiger partial charge in [-0.25, -0.2) is 24.1 Å². The normalized spacial score (nSPS) is 18.8. The van der Waals surface area contributed by atoms with E-state index in [0.717, 1.165) is 14.2 Å². The molecule has 1 aromatic carbocycles. The zero-order valence-corrected chi connectivity index (χ0v) is 19.2. The minimum atomic E-state index is -1.50. The number of methoxy groups -OCH3 is 2. The third-order valence-corrected chi connectivity index (χ3v) is 4.75. The zero-order chi connectivity index (χ0) is 24.8. The molecule has 0 aliphatic carbocycles. The lowest BCUT2D eigenvalue weighted by Crippen LogP contribution is -2.51. The fourth-order valence-corrected chi connectivity index (χ4v) is 3.29. The first kappa shape index (κ1) is 25.6. The summed E-state index contributed by atoms with van der Waals surface area (Å²) in [6.45, 7) is 4.73. The number of rotatable bonds is 6. The molecule has 3 amide bonds. The fourth-order valence-electron chi connectivity index (χ4n) is 3.29. The number of imide groups is 1. The molecule has 0 aromatic heterocycles. The second-order valence-corrected chi connectivity index (χ2v) is 8.28. The van der Waals surface area contributed by atoms with Gasteiger partial charge >= 0.3 is 24.1 Å². The Bertz CT molecular complexity index is 895. The van der Waals surface area contributed by atoms with Gasteiger partial charge in [0, 0.05) is 0 Å². The van der Waals surface area contributed by atoms with Gasteiger partial charge in [0.2, 0.25) is 5.91 Å². The van der Waals surface area contributed by atoms with Crippen molar-refractivity contribution in [3.05, 3.63) is 35.9 Å². The van der Waals surface area contributed by atoms with E-state index in [2.05, 4.69) is 5.32 Å². The Balaban J connectivity index is 2.25. The maximum absolute atomic E-state index is 13.1. The average molecular weight is 464 g/mol. The van der Waals surface area contributed by atoms with Crippen LogP contribution in [0.25, 0.3) is 0 Å². The van der Waals surface area contributed by atoms with E-state index in [1.165, 1.54) is 0 Å². The fraction of sp³-hybridized carbons (Fsp3) is 0.500. The summed E-state index contributed by atoms with van der Waals surface area (Å²) in [5.41, 5.74) is -0.200. The second kappa shape index (κ2) is 10.8. The molecule has 1 saturated heterocycles. The SMILES string of the molecule is COC(=O)[C@H](NC(=O)OC(C)(C)C)[C@H]1C[C@@H](C(=O)OC)N(C(=O)OCc2ccccc2)C1=O. The molecule has 1 aromatic rings. The highest BCUT2D eigenvalue weighted by atomic mass is 16.6. The number of carbonyl (C=O) groups is 5. The van der Waals surface area contributed by atoms with Gasteiger partial charge in [0.05, 0.1) is 20.1 Å². The average Bonchev–Trinajstić information content (AvgIpc) is 3.11. The van der Waals surface area contributed by atoms with Crippen molar-refractivity contribution in [1.29, 1.82) is 0 Å². The van der Waals surface area contributed by atoms with Crippen LogP contribution in [0.4, 0.5) is 9.59 Å². The molecule has 33 heavy (non-hydrogen) atoms. The minimum absolute atomic E-state index is 0.140. The molecule has 11 heteroatoms. The number of likely N-dealkylation sites (tertiary alicyclic amines) is 1. The number of ether oxygens (including phenoxy) is 4. The third kappa shape index (κ3) is 6.67. The van der Waals surface area contributed by atoms with Gasteiger partial charge in [0.15, 0.2) is 0 Å². The highest BCUT2D eigenvalue weighted by Gasteiger charge is 2.53. The second-order valence-electron chi connectivity index (χ2n) is 8.28.